The first kappa shape index (κ1) is 11.5. The second-order valence-corrected chi connectivity index (χ2v) is 3.64. The van der Waals surface area contributed by atoms with E-state index in [1.807, 2.05) is 0 Å². The second kappa shape index (κ2) is 4.75. The van der Waals surface area contributed by atoms with Gasteiger partial charge in [0.15, 0.2) is 0 Å². The number of rotatable bonds is 2. The zero-order valence-corrected chi connectivity index (χ0v) is 10.1. The molecule has 0 aromatic carbocycles. The van der Waals surface area contributed by atoms with E-state index in [9.17, 15) is 4.79 Å². The number of ether oxygens (including phenoxy) is 1. The Morgan fingerprint density at radius 1 is 1.71 bits per heavy atom. The number of esters is 1. The zero-order chi connectivity index (χ0) is 10.7. The number of nitrogens with zero attached hydrogens (tertiary/aromatic N) is 1. The molecule has 0 aliphatic carbocycles. The van der Waals surface area contributed by atoms with E-state index in [2.05, 4.69) is 25.7 Å². The van der Waals surface area contributed by atoms with Gasteiger partial charge in [-0.05, 0) is 18.6 Å². The van der Waals surface area contributed by atoms with Crippen LogP contribution in [0.15, 0.2) is 6.07 Å². The van der Waals surface area contributed by atoms with Crippen LogP contribution in [-0.4, -0.2) is 18.1 Å². The number of carbonyl (C=O) groups is 1. The Kier molecular flexibility index (Phi) is 3.89. The van der Waals surface area contributed by atoms with Crippen molar-refractivity contribution in [3.63, 3.8) is 0 Å². The lowest BCUT2D eigenvalue weighted by molar-refractivity contribution is 0.0598. The van der Waals surface area contributed by atoms with E-state index in [1.165, 1.54) is 7.11 Å². The molecule has 0 saturated heterocycles. The molecule has 0 atom stereocenters. The second-order valence-electron chi connectivity index (χ2n) is 2.69. The fourth-order valence-corrected chi connectivity index (χ4v) is 1.88. The number of hydrogen-bond acceptors (Lipinski definition) is 3. The molecule has 0 unspecified atom stereocenters. The smallest absolute Gasteiger partial charge is 0.340 e. The van der Waals surface area contributed by atoms with Gasteiger partial charge in [0.05, 0.1) is 18.4 Å². The number of aryl methyl sites for hydroxylation is 1. The minimum atomic E-state index is -0.388. The van der Waals surface area contributed by atoms with Crippen molar-refractivity contribution in [2.75, 3.05) is 7.11 Å². The molecular weight excluding hydrogens is 269 g/mol. The first-order valence-electron chi connectivity index (χ1n) is 3.90. The van der Waals surface area contributed by atoms with Gasteiger partial charge in [-0.25, -0.2) is 9.78 Å². The quantitative estimate of drug-likeness (QED) is 0.474. The molecule has 0 aliphatic heterocycles. The van der Waals surface area contributed by atoms with Crippen LogP contribution in [0.5, 0.6) is 0 Å². The van der Waals surface area contributed by atoms with Crippen molar-refractivity contribution in [3.8, 4) is 0 Å². The Hall–Kier alpha value is -0.610. The van der Waals surface area contributed by atoms with Crippen LogP contribution < -0.4 is 0 Å². The minimum Gasteiger partial charge on any atom is -0.465 e. The molecule has 1 heterocycles. The third-order valence-corrected chi connectivity index (χ3v) is 2.58. The number of methoxy groups -OCH3 is 1. The summed E-state index contributed by atoms with van der Waals surface area (Å²) in [5.41, 5.74) is 1.85. The van der Waals surface area contributed by atoms with E-state index >= 15 is 0 Å². The maximum Gasteiger partial charge on any atom is 0.340 e. The highest BCUT2D eigenvalue weighted by molar-refractivity contribution is 9.08. The fourth-order valence-electron chi connectivity index (χ4n) is 1.18. The van der Waals surface area contributed by atoms with E-state index in [-0.39, 0.29) is 5.97 Å². The molecule has 0 N–H and O–H groups in total. The first-order valence-corrected chi connectivity index (χ1v) is 5.40. The molecule has 1 rings (SSSR count). The van der Waals surface area contributed by atoms with Crippen molar-refractivity contribution in [1.82, 2.24) is 4.98 Å². The molecule has 0 fully saturated rings. The molecule has 0 radical (unpaired) electrons. The van der Waals surface area contributed by atoms with E-state index in [1.54, 1.807) is 13.0 Å². The van der Waals surface area contributed by atoms with Gasteiger partial charge in [0.1, 0.15) is 5.15 Å². The molecule has 1 aromatic heterocycles. The van der Waals surface area contributed by atoms with E-state index < -0.39 is 0 Å². The van der Waals surface area contributed by atoms with Crippen LogP contribution >= 0.6 is 27.5 Å². The minimum absolute atomic E-state index is 0.379. The molecule has 5 heteroatoms. The van der Waals surface area contributed by atoms with Gasteiger partial charge in [0.25, 0.3) is 0 Å². The predicted octanol–water partition coefficient (Wildman–Crippen LogP) is 2.72. The molecule has 0 bridgehead atoms. The van der Waals surface area contributed by atoms with Crippen LogP contribution in [0, 0.1) is 6.92 Å². The average Bonchev–Trinajstić information content (AvgIpc) is 2.15. The van der Waals surface area contributed by atoms with Crippen LogP contribution in [0.4, 0.5) is 0 Å². The van der Waals surface area contributed by atoms with E-state index in [0.717, 1.165) is 5.56 Å². The fraction of sp³-hybridized carbons (Fsp3) is 0.333. The van der Waals surface area contributed by atoms with Crippen molar-refractivity contribution in [1.29, 1.82) is 0 Å². The normalized spacial score (nSPS) is 10.0. The predicted molar refractivity (Wildman–Crippen MR) is 58.0 cm³/mol. The topological polar surface area (TPSA) is 39.2 Å². The highest BCUT2D eigenvalue weighted by Crippen LogP contribution is 2.20. The van der Waals surface area contributed by atoms with Gasteiger partial charge in [-0.3, -0.25) is 0 Å². The number of pyridine rings is 1. The van der Waals surface area contributed by atoms with Gasteiger partial charge >= 0.3 is 5.97 Å². The summed E-state index contributed by atoms with van der Waals surface area (Å²) in [7, 11) is 1.34. The van der Waals surface area contributed by atoms with Gasteiger partial charge in [-0.15, -0.1) is 0 Å². The summed E-state index contributed by atoms with van der Waals surface area (Å²) in [5.74, 6) is -0.388. The molecule has 14 heavy (non-hydrogen) atoms. The lowest BCUT2D eigenvalue weighted by Gasteiger charge is -2.08. The molecule has 76 valence electrons. The summed E-state index contributed by atoms with van der Waals surface area (Å²) in [6, 6.07) is 1.65. The molecular formula is C9H9BrClNO2. The van der Waals surface area contributed by atoms with Crippen LogP contribution in [0.1, 0.15) is 21.6 Å². The lowest BCUT2D eigenvalue weighted by atomic mass is 10.1. The van der Waals surface area contributed by atoms with Crippen LogP contribution in [0.2, 0.25) is 5.15 Å². The van der Waals surface area contributed by atoms with E-state index in [4.69, 9.17) is 11.6 Å². The van der Waals surface area contributed by atoms with Crippen molar-refractivity contribution >= 4 is 33.5 Å². The molecule has 1 aromatic rings. The Labute approximate surface area is 95.6 Å². The maximum atomic E-state index is 11.4. The Bertz CT molecular complexity index is 368. The van der Waals surface area contributed by atoms with Crippen molar-refractivity contribution in [2.45, 2.75) is 12.3 Å². The Morgan fingerprint density at radius 2 is 2.36 bits per heavy atom. The van der Waals surface area contributed by atoms with Crippen molar-refractivity contribution in [2.24, 2.45) is 0 Å². The van der Waals surface area contributed by atoms with Crippen molar-refractivity contribution < 1.29 is 9.53 Å². The maximum absolute atomic E-state index is 11.4. The zero-order valence-electron chi connectivity index (χ0n) is 7.80. The number of hydrogen-bond donors (Lipinski definition) is 0. The SMILES string of the molecule is COC(=O)c1c(CBr)cc(Cl)nc1C. The number of halogens is 2. The largest absolute Gasteiger partial charge is 0.465 e. The summed E-state index contributed by atoms with van der Waals surface area (Å²) in [6.07, 6.45) is 0. The number of alkyl halides is 1. The summed E-state index contributed by atoms with van der Waals surface area (Å²) < 4.78 is 4.66. The van der Waals surface area contributed by atoms with Gasteiger partial charge in [-0.1, -0.05) is 27.5 Å². The molecule has 0 aliphatic rings. The van der Waals surface area contributed by atoms with Gasteiger partial charge in [0.2, 0.25) is 0 Å². The summed E-state index contributed by atoms with van der Waals surface area (Å²) in [6.45, 7) is 1.73. The van der Waals surface area contributed by atoms with Crippen molar-refractivity contribution in [3.05, 3.63) is 28.0 Å². The van der Waals surface area contributed by atoms with Gasteiger partial charge < -0.3 is 4.74 Å². The summed E-state index contributed by atoms with van der Waals surface area (Å²) >= 11 is 9.04. The molecule has 0 spiro atoms. The Balaban J connectivity index is 3.32. The van der Waals surface area contributed by atoms with E-state index in [0.29, 0.717) is 21.7 Å². The highest BCUT2D eigenvalue weighted by atomic mass is 79.9. The van der Waals surface area contributed by atoms with Crippen LogP contribution in [-0.2, 0) is 10.1 Å². The number of aromatic nitrogens is 1. The molecule has 0 amide bonds. The van der Waals surface area contributed by atoms with Gasteiger partial charge in [-0.2, -0.15) is 0 Å². The van der Waals surface area contributed by atoms with Crippen LogP contribution in [0.3, 0.4) is 0 Å². The van der Waals surface area contributed by atoms with Crippen LogP contribution in [0.25, 0.3) is 0 Å². The molecule has 0 saturated carbocycles. The first-order chi connectivity index (χ1) is 6.60. The summed E-state index contributed by atoms with van der Waals surface area (Å²) in [5, 5.41) is 0.921. The third-order valence-electron chi connectivity index (χ3n) is 1.78. The summed E-state index contributed by atoms with van der Waals surface area (Å²) in [4.78, 5) is 15.4. The Morgan fingerprint density at radius 3 is 2.86 bits per heavy atom. The third kappa shape index (κ3) is 2.25. The highest BCUT2D eigenvalue weighted by Gasteiger charge is 2.16. The monoisotopic (exact) mass is 277 g/mol. The lowest BCUT2D eigenvalue weighted by Crippen LogP contribution is -2.09. The van der Waals surface area contributed by atoms with Gasteiger partial charge in [0, 0.05) is 5.33 Å². The number of carbonyl (C=O) groups excluding carboxylic acids is 1. The standard InChI is InChI=1S/C9H9BrClNO2/c1-5-8(9(13)14-2)6(4-10)3-7(11)12-5/h3H,4H2,1-2H3. The molecule has 3 nitrogen and oxygen atoms in total. The average molecular weight is 279 g/mol.